The first-order valence-corrected chi connectivity index (χ1v) is 4.60. The van der Waals surface area contributed by atoms with Crippen LogP contribution in [-0.4, -0.2) is 10.2 Å². The molecule has 0 bridgehead atoms. The lowest BCUT2D eigenvalue weighted by atomic mass is 10.1. The second-order valence-corrected chi connectivity index (χ2v) is 3.14. The zero-order chi connectivity index (χ0) is 9.97. The molecule has 0 atom stereocenters. The minimum absolute atomic E-state index is 0.233. The molecule has 3 heteroatoms. The number of hydrogen-bond acceptors (Lipinski definition) is 1. The molecule has 0 aliphatic heterocycles. The zero-order valence-corrected chi connectivity index (χ0v) is 7.92. The van der Waals surface area contributed by atoms with Crippen molar-refractivity contribution >= 4 is 0 Å². The highest BCUT2D eigenvalue weighted by molar-refractivity contribution is 5.59. The van der Waals surface area contributed by atoms with Crippen LogP contribution in [0.2, 0.25) is 0 Å². The maximum absolute atomic E-state index is 12.9. The molecule has 0 amide bonds. The van der Waals surface area contributed by atoms with Gasteiger partial charge in [-0.3, -0.25) is 5.10 Å². The van der Waals surface area contributed by atoms with Gasteiger partial charge in [0.1, 0.15) is 5.82 Å². The fraction of sp³-hybridized carbons (Fsp3) is 0.182. The van der Waals surface area contributed by atoms with E-state index in [1.165, 1.54) is 12.1 Å². The van der Waals surface area contributed by atoms with E-state index < -0.39 is 0 Å². The maximum atomic E-state index is 12.9. The van der Waals surface area contributed by atoms with Crippen LogP contribution in [0.3, 0.4) is 0 Å². The summed E-state index contributed by atoms with van der Waals surface area (Å²) in [6, 6.07) is 8.38. The van der Waals surface area contributed by atoms with Gasteiger partial charge in [0.15, 0.2) is 0 Å². The number of halogens is 1. The molecule has 2 aromatic rings. The molecule has 14 heavy (non-hydrogen) atoms. The monoisotopic (exact) mass is 190 g/mol. The molecule has 72 valence electrons. The van der Waals surface area contributed by atoms with E-state index in [9.17, 15) is 4.39 Å². The molecular weight excluding hydrogens is 179 g/mol. The van der Waals surface area contributed by atoms with E-state index in [0.717, 1.165) is 23.4 Å². The number of aromatic amines is 1. The summed E-state index contributed by atoms with van der Waals surface area (Å²) >= 11 is 0. The standard InChI is InChI=1S/C11H11FN2/c1-2-10-7-11(14-13-10)8-4-3-5-9(12)6-8/h3-7H,2H2,1H3,(H,13,14). The molecule has 0 radical (unpaired) electrons. The van der Waals surface area contributed by atoms with Crippen LogP contribution >= 0.6 is 0 Å². The van der Waals surface area contributed by atoms with E-state index in [-0.39, 0.29) is 5.82 Å². The SMILES string of the molecule is CCc1cc(-c2cccc(F)c2)n[nH]1. The molecule has 2 rings (SSSR count). The molecule has 0 fully saturated rings. The Morgan fingerprint density at radius 2 is 2.21 bits per heavy atom. The lowest BCUT2D eigenvalue weighted by molar-refractivity contribution is 0.628. The van der Waals surface area contributed by atoms with E-state index >= 15 is 0 Å². The minimum atomic E-state index is -0.233. The number of aromatic nitrogens is 2. The normalized spacial score (nSPS) is 10.4. The first kappa shape index (κ1) is 8.94. The van der Waals surface area contributed by atoms with E-state index in [2.05, 4.69) is 10.2 Å². The van der Waals surface area contributed by atoms with Crippen LogP contribution in [0.15, 0.2) is 30.3 Å². The van der Waals surface area contributed by atoms with Gasteiger partial charge in [-0.15, -0.1) is 0 Å². The fourth-order valence-corrected chi connectivity index (χ4v) is 1.34. The summed E-state index contributed by atoms with van der Waals surface area (Å²) in [6.07, 6.45) is 0.905. The minimum Gasteiger partial charge on any atom is -0.282 e. The van der Waals surface area contributed by atoms with Crippen LogP contribution in [0.1, 0.15) is 12.6 Å². The van der Waals surface area contributed by atoms with Crippen LogP contribution in [0.5, 0.6) is 0 Å². The molecular formula is C11H11FN2. The Bertz CT molecular complexity index is 434. The highest BCUT2D eigenvalue weighted by atomic mass is 19.1. The molecule has 1 N–H and O–H groups in total. The van der Waals surface area contributed by atoms with Crippen LogP contribution < -0.4 is 0 Å². The summed E-state index contributed by atoms with van der Waals surface area (Å²) in [7, 11) is 0. The average Bonchev–Trinajstić information content (AvgIpc) is 2.66. The van der Waals surface area contributed by atoms with Crippen LogP contribution in [0.4, 0.5) is 4.39 Å². The zero-order valence-electron chi connectivity index (χ0n) is 7.92. The second kappa shape index (κ2) is 3.62. The Labute approximate surface area is 81.8 Å². The van der Waals surface area contributed by atoms with Gasteiger partial charge in [0, 0.05) is 11.3 Å². The number of nitrogens with zero attached hydrogens (tertiary/aromatic N) is 1. The van der Waals surface area contributed by atoms with Crippen LogP contribution in [-0.2, 0) is 6.42 Å². The second-order valence-electron chi connectivity index (χ2n) is 3.14. The van der Waals surface area contributed by atoms with Gasteiger partial charge in [-0.05, 0) is 24.6 Å². The van der Waals surface area contributed by atoms with Gasteiger partial charge in [0.05, 0.1) is 5.69 Å². The molecule has 0 saturated heterocycles. The summed E-state index contributed by atoms with van der Waals surface area (Å²) in [5.74, 6) is -0.233. The van der Waals surface area contributed by atoms with Gasteiger partial charge in [-0.1, -0.05) is 19.1 Å². The molecule has 2 nitrogen and oxygen atoms in total. The first-order valence-electron chi connectivity index (χ1n) is 4.60. The summed E-state index contributed by atoms with van der Waals surface area (Å²) in [6.45, 7) is 2.04. The number of aryl methyl sites for hydroxylation is 1. The average molecular weight is 190 g/mol. The van der Waals surface area contributed by atoms with Gasteiger partial charge >= 0.3 is 0 Å². The van der Waals surface area contributed by atoms with Crippen molar-refractivity contribution in [3.8, 4) is 11.3 Å². The van der Waals surface area contributed by atoms with Crippen molar-refractivity contribution in [1.82, 2.24) is 10.2 Å². The number of benzene rings is 1. The van der Waals surface area contributed by atoms with Crippen molar-refractivity contribution in [3.05, 3.63) is 41.8 Å². The summed E-state index contributed by atoms with van der Waals surface area (Å²) in [5.41, 5.74) is 2.66. The Hall–Kier alpha value is -1.64. The Morgan fingerprint density at radius 1 is 1.36 bits per heavy atom. The summed E-state index contributed by atoms with van der Waals surface area (Å²) < 4.78 is 12.9. The maximum Gasteiger partial charge on any atom is 0.123 e. The number of H-pyrrole nitrogens is 1. The predicted molar refractivity (Wildman–Crippen MR) is 53.4 cm³/mol. The predicted octanol–water partition coefficient (Wildman–Crippen LogP) is 2.78. The van der Waals surface area contributed by atoms with Gasteiger partial charge in [0.2, 0.25) is 0 Å². The quantitative estimate of drug-likeness (QED) is 0.775. The molecule has 0 unspecified atom stereocenters. The highest BCUT2D eigenvalue weighted by Gasteiger charge is 2.03. The third-order valence-electron chi connectivity index (χ3n) is 2.13. The Kier molecular flexibility index (Phi) is 2.31. The number of nitrogens with one attached hydrogen (secondary N) is 1. The topological polar surface area (TPSA) is 28.7 Å². The summed E-state index contributed by atoms with van der Waals surface area (Å²) in [5, 5.41) is 7.01. The molecule has 1 heterocycles. The largest absolute Gasteiger partial charge is 0.282 e. The molecule has 1 aromatic heterocycles. The molecule has 0 aliphatic carbocycles. The first-order chi connectivity index (χ1) is 6.79. The van der Waals surface area contributed by atoms with E-state index in [1.807, 2.05) is 19.1 Å². The van der Waals surface area contributed by atoms with E-state index in [1.54, 1.807) is 6.07 Å². The van der Waals surface area contributed by atoms with Crippen LogP contribution in [0.25, 0.3) is 11.3 Å². The van der Waals surface area contributed by atoms with Crippen molar-refractivity contribution < 1.29 is 4.39 Å². The third kappa shape index (κ3) is 1.66. The molecule has 0 saturated carbocycles. The van der Waals surface area contributed by atoms with Crippen molar-refractivity contribution in [2.75, 3.05) is 0 Å². The highest BCUT2D eigenvalue weighted by Crippen LogP contribution is 2.18. The lowest BCUT2D eigenvalue weighted by Crippen LogP contribution is -1.79. The Morgan fingerprint density at radius 3 is 2.86 bits per heavy atom. The smallest absolute Gasteiger partial charge is 0.123 e. The van der Waals surface area contributed by atoms with E-state index in [0.29, 0.717) is 0 Å². The Balaban J connectivity index is 2.39. The van der Waals surface area contributed by atoms with Gasteiger partial charge in [-0.25, -0.2) is 4.39 Å². The molecule has 1 aromatic carbocycles. The molecule has 0 aliphatic rings. The third-order valence-corrected chi connectivity index (χ3v) is 2.13. The van der Waals surface area contributed by atoms with Gasteiger partial charge in [-0.2, -0.15) is 5.10 Å². The van der Waals surface area contributed by atoms with Crippen molar-refractivity contribution in [1.29, 1.82) is 0 Å². The number of rotatable bonds is 2. The van der Waals surface area contributed by atoms with Crippen molar-refractivity contribution in [2.45, 2.75) is 13.3 Å². The van der Waals surface area contributed by atoms with Gasteiger partial charge < -0.3 is 0 Å². The summed E-state index contributed by atoms with van der Waals surface area (Å²) in [4.78, 5) is 0. The van der Waals surface area contributed by atoms with Crippen molar-refractivity contribution in [3.63, 3.8) is 0 Å². The fourth-order valence-electron chi connectivity index (χ4n) is 1.34. The van der Waals surface area contributed by atoms with Crippen molar-refractivity contribution in [2.24, 2.45) is 0 Å². The van der Waals surface area contributed by atoms with Gasteiger partial charge in [0.25, 0.3) is 0 Å². The number of hydrogen-bond donors (Lipinski definition) is 1. The molecule has 0 spiro atoms. The van der Waals surface area contributed by atoms with Crippen LogP contribution in [0, 0.1) is 5.82 Å². The lowest BCUT2D eigenvalue weighted by Gasteiger charge is -1.94. The van der Waals surface area contributed by atoms with E-state index in [4.69, 9.17) is 0 Å².